The van der Waals surface area contributed by atoms with Gasteiger partial charge in [0.05, 0.1) is 36.7 Å². The lowest BCUT2D eigenvalue weighted by Crippen LogP contribution is -2.40. The minimum absolute atomic E-state index is 0.00427. The highest BCUT2D eigenvalue weighted by molar-refractivity contribution is 7.88. The molecule has 1 saturated carbocycles. The average Bonchev–Trinajstić information content (AvgIpc) is 2.61. The summed E-state index contributed by atoms with van der Waals surface area (Å²) in [6, 6.07) is 3.33. The van der Waals surface area contributed by atoms with Crippen LogP contribution < -0.4 is 15.0 Å². The molecule has 0 unspecified atom stereocenters. The molecule has 1 heterocycles. The van der Waals surface area contributed by atoms with Gasteiger partial charge in [0.2, 0.25) is 10.0 Å². The number of hydrogen-bond acceptors (Lipinski definition) is 6. The fourth-order valence-corrected chi connectivity index (χ4v) is 4.06. The van der Waals surface area contributed by atoms with E-state index in [4.69, 9.17) is 9.47 Å². The summed E-state index contributed by atoms with van der Waals surface area (Å²) in [5.41, 5.74) is 0.303. The van der Waals surface area contributed by atoms with Gasteiger partial charge in [-0.3, -0.25) is 4.79 Å². The molecule has 0 bridgehead atoms. The van der Waals surface area contributed by atoms with Crippen molar-refractivity contribution in [2.45, 2.75) is 37.8 Å². The predicted octanol–water partition coefficient (Wildman–Crippen LogP) is 1.51. The maximum absolute atomic E-state index is 12.0. The Kier molecular flexibility index (Phi) is 5.19. The van der Waals surface area contributed by atoms with E-state index in [-0.39, 0.29) is 17.7 Å². The lowest BCUT2D eigenvalue weighted by molar-refractivity contribution is 0.122. The summed E-state index contributed by atoms with van der Waals surface area (Å²) in [5.74, 6) is 1.02. The second-order valence-corrected chi connectivity index (χ2v) is 8.62. The van der Waals surface area contributed by atoms with Crippen molar-refractivity contribution in [2.75, 3.05) is 20.4 Å². The molecule has 0 amide bonds. The minimum Gasteiger partial charge on any atom is -0.493 e. The largest absolute Gasteiger partial charge is 0.493 e. The van der Waals surface area contributed by atoms with Crippen LogP contribution in [-0.4, -0.2) is 55.3 Å². The Bertz CT molecular complexity index is 949. The molecule has 1 aliphatic carbocycles. The third-order valence-corrected chi connectivity index (χ3v) is 6.24. The monoisotopic (exact) mass is 381 g/mol. The zero-order valence-electron chi connectivity index (χ0n) is 15.1. The van der Waals surface area contributed by atoms with Gasteiger partial charge in [0.25, 0.3) is 5.56 Å². The molecule has 26 heavy (non-hydrogen) atoms. The molecule has 8 nitrogen and oxygen atoms in total. The first-order valence-electron chi connectivity index (χ1n) is 8.44. The van der Waals surface area contributed by atoms with E-state index in [1.807, 2.05) is 0 Å². The van der Waals surface area contributed by atoms with Crippen molar-refractivity contribution in [3.63, 3.8) is 0 Å². The number of fused-ring (bicyclic) bond motifs is 1. The van der Waals surface area contributed by atoms with Crippen LogP contribution >= 0.6 is 0 Å². The fraction of sp³-hybridized carbons (Fsp3) is 0.529. The summed E-state index contributed by atoms with van der Waals surface area (Å²) in [7, 11) is -0.0325. The van der Waals surface area contributed by atoms with Crippen molar-refractivity contribution >= 4 is 20.9 Å². The number of aromatic nitrogens is 2. The highest BCUT2D eigenvalue weighted by atomic mass is 32.2. The van der Waals surface area contributed by atoms with Gasteiger partial charge >= 0.3 is 0 Å². The molecule has 0 aliphatic heterocycles. The number of rotatable bonds is 5. The third-order valence-electron chi connectivity index (χ3n) is 4.90. The zero-order chi connectivity index (χ0) is 18.9. The van der Waals surface area contributed by atoms with Crippen LogP contribution in [0.25, 0.3) is 10.9 Å². The Hall–Kier alpha value is -2.13. The molecular formula is C17H23N3O5S. The topological polar surface area (TPSA) is 102 Å². The van der Waals surface area contributed by atoms with E-state index in [2.05, 4.69) is 9.97 Å². The summed E-state index contributed by atoms with van der Waals surface area (Å²) >= 11 is 0. The van der Waals surface area contributed by atoms with Crippen molar-refractivity contribution in [1.82, 2.24) is 14.3 Å². The third kappa shape index (κ3) is 3.83. The van der Waals surface area contributed by atoms with Crippen LogP contribution in [0.3, 0.4) is 0 Å². The molecule has 3 rings (SSSR count). The lowest BCUT2D eigenvalue weighted by Gasteiger charge is -2.33. The van der Waals surface area contributed by atoms with Gasteiger partial charge in [-0.15, -0.1) is 0 Å². The van der Waals surface area contributed by atoms with E-state index in [1.165, 1.54) is 16.9 Å². The molecule has 142 valence electrons. The highest BCUT2D eigenvalue weighted by Gasteiger charge is 2.29. The van der Waals surface area contributed by atoms with Gasteiger partial charge in [-0.2, -0.15) is 0 Å². The molecule has 0 atom stereocenters. The highest BCUT2D eigenvalue weighted by Crippen LogP contribution is 2.34. The molecule has 2 aromatic rings. The van der Waals surface area contributed by atoms with Crippen molar-refractivity contribution in [1.29, 1.82) is 0 Å². The Balaban J connectivity index is 1.76. The molecule has 1 N–H and O–H groups in total. The van der Waals surface area contributed by atoms with Gasteiger partial charge in [-0.25, -0.2) is 17.7 Å². The molecule has 1 aromatic heterocycles. The summed E-state index contributed by atoms with van der Waals surface area (Å²) < 4.78 is 36.3. The Labute approximate surface area is 152 Å². The molecule has 1 fully saturated rings. The first kappa shape index (κ1) is 18.7. The smallest absolute Gasteiger partial charge is 0.258 e. The van der Waals surface area contributed by atoms with E-state index in [0.29, 0.717) is 22.4 Å². The number of ether oxygens (including phenoxy) is 2. The molecule has 0 saturated heterocycles. The number of nitrogens with one attached hydrogen (secondary N) is 1. The molecule has 1 aromatic carbocycles. The molecule has 0 spiro atoms. The number of H-pyrrole nitrogens is 1. The molecule has 9 heteroatoms. The van der Waals surface area contributed by atoms with Crippen LogP contribution in [0.2, 0.25) is 0 Å². The fourth-order valence-electron chi connectivity index (χ4n) is 3.30. The van der Waals surface area contributed by atoms with Gasteiger partial charge in [-0.1, -0.05) is 0 Å². The van der Waals surface area contributed by atoms with E-state index >= 15 is 0 Å². The summed E-state index contributed by atoms with van der Waals surface area (Å²) in [6.07, 6.45) is 5.44. The quantitative estimate of drug-likeness (QED) is 0.842. The normalized spacial score (nSPS) is 21.1. The van der Waals surface area contributed by atoms with Crippen molar-refractivity contribution < 1.29 is 17.9 Å². The number of nitrogens with zero attached hydrogens (tertiary/aromatic N) is 2. The second-order valence-electron chi connectivity index (χ2n) is 6.58. The summed E-state index contributed by atoms with van der Waals surface area (Å²) in [6.45, 7) is 0. The first-order chi connectivity index (χ1) is 12.3. The maximum atomic E-state index is 12.0. The van der Waals surface area contributed by atoms with Gasteiger partial charge in [0.15, 0.2) is 11.5 Å². The van der Waals surface area contributed by atoms with E-state index in [9.17, 15) is 13.2 Å². The average molecular weight is 381 g/mol. The van der Waals surface area contributed by atoms with Crippen LogP contribution in [0.5, 0.6) is 11.5 Å². The van der Waals surface area contributed by atoms with Gasteiger partial charge in [0.1, 0.15) is 0 Å². The van der Waals surface area contributed by atoms with Crippen LogP contribution in [-0.2, 0) is 10.0 Å². The Morgan fingerprint density at radius 3 is 2.50 bits per heavy atom. The van der Waals surface area contributed by atoms with Crippen molar-refractivity contribution in [3.05, 3.63) is 28.8 Å². The number of benzene rings is 1. The van der Waals surface area contributed by atoms with E-state index in [0.717, 1.165) is 25.7 Å². The van der Waals surface area contributed by atoms with E-state index < -0.39 is 10.0 Å². The van der Waals surface area contributed by atoms with Gasteiger partial charge in [0, 0.05) is 19.2 Å². The molecular weight excluding hydrogens is 358 g/mol. The summed E-state index contributed by atoms with van der Waals surface area (Å²) in [4.78, 5) is 18.7. The van der Waals surface area contributed by atoms with Crippen LogP contribution in [0.15, 0.2) is 23.3 Å². The lowest BCUT2D eigenvalue weighted by atomic mass is 9.93. The molecule has 1 aliphatic rings. The first-order valence-corrected chi connectivity index (χ1v) is 10.3. The van der Waals surface area contributed by atoms with Crippen LogP contribution in [0.1, 0.15) is 25.7 Å². The Morgan fingerprint density at radius 1 is 1.19 bits per heavy atom. The number of sulfonamides is 1. The van der Waals surface area contributed by atoms with Gasteiger partial charge in [-0.05, 0) is 31.7 Å². The second kappa shape index (κ2) is 7.24. The van der Waals surface area contributed by atoms with Gasteiger partial charge < -0.3 is 14.5 Å². The molecule has 0 radical (unpaired) electrons. The summed E-state index contributed by atoms with van der Waals surface area (Å²) in [5, 5.41) is 0.439. The number of aromatic amines is 1. The van der Waals surface area contributed by atoms with Crippen LogP contribution in [0.4, 0.5) is 0 Å². The number of hydrogen-bond donors (Lipinski definition) is 1. The van der Waals surface area contributed by atoms with Crippen LogP contribution in [0, 0.1) is 0 Å². The zero-order valence-corrected chi connectivity index (χ0v) is 15.9. The van der Waals surface area contributed by atoms with E-state index in [1.54, 1.807) is 26.3 Å². The minimum atomic E-state index is -3.19. The predicted molar refractivity (Wildman–Crippen MR) is 98.2 cm³/mol. The maximum Gasteiger partial charge on any atom is 0.258 e. The Morgan fingerprint density at radius 2 is 1.88 bits per heavy atom. The number of methoxy groups -OCH3 is 1. The van der Waals surface area contributed by atoms with Crippen molar-refractivity contribution in [2.24, 2.45) is 0 Å². The SMILES string of the molecule is COc1cc2nc[nH]c(=O)c2cc1OC1CCC(N(C)S(C)(=O)=O)CC1. The standard InChI is InChI=1S/C17H23N3O5S/c1-20(26(3,22)23)11-4-6-12(7-5-11)25-16-8-13-14(9-15(16)24-2)18-10-19-17(13)21/h8-12H,4-7H2,1-3H3,(H,18,19,21). The van der Waals surface area contributed by atoms with Crippen molar-refractivity contribution in [3.8, 4) is 11.5 Å².